The third kappa shape index (κ3) is 8.53. The van der Waals surface area contributed by atoms with Gasteiger partial charge < -0.3 is 14.7 Å². The van der Waals surface area contributed by atoms with E-state index in [2.05, 4.69) is 0 Å². The zero-order valence-corrected chi connectivity index (χ0v) is 11.1. The number of rotatable bonds is 0. The number of carbonyl (C=O) groups excluding carboxylic acids is 1. The van der Waals surface area contributed by atoms with E-state index in [1.807, 2.05) is 20.8 Å². The van der Waals surface area contributed by atoms with Gasteiger partial charge in [0.05, 0.1) is 0 Å². The highest BCUT2D eigenvalue weighted by molar-refractivity contribution is 5.68. The van der Waals surface area contributed by atoms with Crippen LogP contribution in [0.2, 0.25) is 0 Å². The van der Waals surface area contributed by atoms with Crippen LogP contribution in [0.3, 0.4) is 0 Å². The number of amides is 1. The van der Waals surface area contributed by atoms with Crippen LogP contribution in [-0.4, -0.2) is 40.9 Å². The molecule has 0 bridgehead atoms. The minimum Gasteiger partial charge on any atom is -0.444 e. The van der Waals surface area contributed by atoms with Gasteiger partial charge in [-0.3, -0.25) is 0 Å². The molecule has 0 atom stereocenters. The van der Waals surface area contributed by atoms with Crippen molar-refractivity contribution in [2.75, 3.05) is 13.1 Å². The van der Waals surface area contributed by atoms with Crippen LogP contribution >= 0.6 is 0 Å². The first-order valence-electron chi connectivity index (χ1n) is 5.88. The molecule has 1 saturated heterocycles. The largest absolute Gasteiger partial charge is 0.444 e. The van der Waals surface area contributed by atoms with Crippen molar-refractivity contribution in [2.24, 2.45) is 0 Å². The van der Waals surface area contributed by atoms with Gasteiger partial charge in [0.1, 0.15) is 5.60 Å². The Bertz CT molecular complexity index is 200. The lowest BCUT2D eigenvalue weighted by Gasteiger charge is -2.23. The molecule has 0 aliphatic carbocycles. The fourth-order valence-corrected chi connectivity index (χ4v) is 1.23. The molecule has 0 unspecified atom stereocenters. The SMILES string of the molecule is CC(C)(C)OC(=O)N1CCCC1.CC(C)O. The molecule has 4 nitrogen and oxygen atoms in total. The number of hydrogen-bond donors (Lipinski definition) is 1. The second-order valence-corrected chi connectivity index (χ2v) is 5.27. The van der Waals surface area contributed by atoms with Gasteiger partial charge in [-0.25, -0.2) is 4.79 Å². The van der Waals surface area contributed by atoms with Crippen LogP contribution < -0.4 is 0 Å². The number of aliphatic hydroxyl groups excluding tert-OH is 1. The molecule has 0 spiro atoms. The van der Waals surface area contributed by atoms with Crippen LogP contribution in [0.5, 0.6) is 0 Å². The Morgan fingerprint density at radius 3 is 1.94 bits per heavy atom. The van der Waals surface area contributed by atoms with Gasteiger partial charge in [-0.15, -0.1) is 0 Å². The van der Waals surface area contributed by atoms with Crippen LogP contribution in [0.1, 0.15) is 47.5 Å². The standard InChI is InChI=1S/C9H17NO2.C3H8O/c1-9(2,3)12-8(11)10-6-4-5-7-10;1-3(2)4/h4-7H2,1-3H3;3-4H,1-2H3. The Morgan fingerprint density at radius 2 is 1.62 bits per heavy atom. The minimum absolute atomic E-state index is 0.167. The first kappa shape index (κ1) is 15.2. The summed E-state index contributed by atoms with van der Waals surface area (Å²) in [6, 6.07) is 0. The Labute approximate surface area is 98.6 Å². The zero-order valence-electron chi connectivity index (χ0n) is 11.1. The lowest BCUT2D eigenvalue weighted by atomic mass is 10.2. The molecule has 1 N–H and O–H groups in total. The van der Waals surface area contributed by atoms with Gasteiger partial charge in [-0.05, 0) is 47.5 Å². The molecule has 1 fully saturated rings. The highest BCUT2D eigenvalue weighted by atomic mass is 16.6. The fourth-order valence-electron chi connectivity index (χ4n) is 1.23. The van der Waals surface area contributed by atoms with E-state index in [9.17, 15) is 4.79 Å². The molecule has 0 saturated carbocycles. The maximum atomic E-state index is 11.4. The lowest BCUT2D eigenvalue weighted by Crippen LogP contribution is -2.34. The Morgan fingerprint density at radius 1 is 1.25 bits per heavy atom. The third-order valence-electron chi connectivity index (χ3n) is 1.76. The van der Waals surface area contributed by atoms with Gasteiger partial charge >= 0.3 is 6.09 Å². The van der Waals surface area contributed by atoms with Crippen LogP contribution in [0.4, 0.5) is 4.79 Å². The monoisotopic (exact) mass is 231 g/mol. The van der Waals surface area contributed by atoms with E-state index in [4.69, 9.17) is 9.84 Å². The highest BCUT2D eigenvalue weighted by Gasteiger charge is 2.23. The lowest BCUT2D eigenvalue weighted by molar-refractivity contribution is 0.0295. The van der Waals surface area contributed by atoms with Crippen molar-refractivity contribution in [1.82, 2.24) is 4.90 Å². The smallest absolute Gasteiger partial charge is 0.410 e. The Hall–Kier alpha value is -0.770. The Balaban J connectivity index is 0.000000487. The molecule has 0 aromatic rings. The van der Waals surface area contributed by atoms with Crippen LogP contribution in [0.25, 0.3) is 0 Å². The third-order valence-corrected chi connectivity index (χ3v) is 1.76. The van der Waals surface area contributed by atoms with Crippen molar-refractivity contribution < 1.29 is 14.6 Å². The predicted octanol–water partition coefficient (Wildman–Crippen LogP) is 2.40. The van der Waals surface area contributed by atoms with E-state index in [1.54, 1.807) is 18.7 Å². The summed E-state index contributed by atoms with van der Waals surface area (Å²) in [6.45, 7) is 10.8. The predicted molar refractivity (Wildman–Crippen MR) is 64.4 cm³/mol. The molecule has 0 radical (unpaired) electrons. The van der Waals surface area contributed by atoms with E-state index < -0.39 is 0 Å². The molecular weight excluding hydrogens is 206 g/mol. The zero-order chi connectivity index (χ0) is 12.8. The molecule has 4 heteroatoms. The second-order valence-electron chi connectivity index (χ2n) is 5.27. The maximum Gasteiger partial charge on any atom is 0.410 e. The van der Waals surface area contributed by atoms with Crippen molar-refractivity contribution in [3.05, 3.63) is 0 Å². The summed E-state index contributed by atoms with van der Waals surface area (Å²) in [4.78, 5) is 13.1. The van der Waals surface area contributed by atoms with E-state index >= 15 is 0 Å². The summed E-state index contributed by atoms with van der Waals surface area (Å²) < 4.78 is 5.21. The fraction of sp³-hybridized carbons (Fsp3) is 0.917. The molecule has 16 heavy (non-hydrogen) atoms. The van der Waals surface area contributed by atoms with E-state index in [-0.39, 0.29) is 17.8 Å². The molecule has 1 aliphatic rings. The highest BCUT2D eigenvalue weighted by Crippen LogP contribution is 2.14. The van der Waals surface area contributed by atoms with Crippen LogP contribution in [0, 0.1) is 0 Å². The molecule has 1 rings (SSSR count). The number of carbonyl (C=O) groups is 1. The summed E-state index contributed by atoms with van der Waals surface area (Å²) in [5, 5.41) is 8.06. The Kier molecular flexibility index (Phi) is 6.41. The summed E-state index contributed by atoms with van der Waals surface area (Å²) in [7, 11) is 0. The van der Waals surface area contributed by atoms with Crippen molar-refractivity contribution in [3.8, 4) is 0 Å². The molecule has 0 aromatic carbocycles. The molecule has 1 heterocycles. The average Bonchev–Trinajstić information content (AvgIpc) is 2.49. The summed E-state index contributed by atoms with van der Waals surface area (Å²) >= 11 is 0. The van der Waals surface area contributed by atoms with Crippen molar-refractivity contribution in [3.63, 3.8) is 0 Å². The summed E-state index contributed by atoms with van der Waals surface area (Å²) in [5.41, 5.74) is -0.361. The number of ether oxygens (including phenoxy) is 1. The number of nitrogens with zero attached hydrogens (tertiary/aromatic N) is 1. The van der Waals surface area contributed by atoms with E-state index in [0.29, 0.717) is 0 Å². The van der Waals surface area contributed by atoms with Crippen molar-refractivity contribution in [1.29, 1.82) is 0 Å². The van der Waals surface area contributed by atoms with Gasteiger partial charge in [0.2, 0.25) is 0 Å². The molecule has 0 aromatic heterocycles. The van der Waals surface area contributed by atoms with Crippen LogP contribution in [-0.2, 0) is 4.74 Å². The number of likely N-dealkylation sites (tertiary alicyclic amines) is 1. The molecular formula is C12H25NO3. The topological polar surface area (TPSA) is 49.8 Å². The summed E-state index contributed by atoms with van der Waals surface area (Å²) in [6.07, 6.45) is 1.89. The van der Waals surface area contributed by atoms with E-state index in [0.717, 1.165) is 25.9 Å². The van der Waals surface area contributed by atoms with Gasteiger partial charge in [0, 0.05) is 19.2 Å². The van der Waals surface area contributed by atoms with E-state index in [1.165, 1.54) is 0 Å². The summed E-state index contributed by atoms with van der Waals surface area (Å²) in [5.74, 6) is 0. The van der Waals surface area contributed by atoms with Crippen LogP contribution in [0.15, 0.2) is 0 Å². The molecule has 1 aliphatic heterocycles. The molecule has 1 amide bonds. The number of hydrogen-bond acceptors (Lipinski definition) is 3. The quantitative estimate of drug-likeness (QED) is 0.696. The molecule has 96 valence electrons. The second kappa shape index (κ2) is 6.74. The van der Waals surface area contributed by atoms with Gasteiger partial charge in [0.15, 0.2) is 0 Å². The van der Waals surface area contributed by atoms with Gasteiger partial charge in [-0.1, -0.05) is 0 Å². The van der Waals surface area contributed by atoms with Gasteiger partial charge in [0.25, 0.3) is 0 Å². The first-order chi connectivity index (χ1) is 7.22. The average molecular weight is 231 g/mol. The van der Waals surface area contributed by atoms with Crippen molar-refractivity contribution >= 4 is 6.09 Å². The first-order valence-corrected chi connectivity index (χ1v) is 5.88. The minimum atomic E-state index is -0.361. The van der Waals surface area contributed by atoms with Gasteiger partial charge in [-0.2, -0.15) is 0 Å². The normalized spacial score (nSPS) is 15.8. The van der Waals surface area contributed by atoms with Crippen molar-refractivity contribution in [2.45, 2.75) is 59.2 Å². The maximum absolute atomic E-state index is 11.4. The number of aliphatic hydroxyl groups is 1.